The van der Waals surface area contributed by atoms with E-state index in [1.165, 1.54) is 64.7 Å². The average molecular weight is 465 g/mol. The molecule has 2 rings (SSSR count). The van der Waals surface area contributed by atoms with Gasteiger partial charge in [-0.1, -0.05) is 20.3 Å². The molecule has 0 aromatic heterocycles. The highest BCUT2D eigenvalue weighted by molar-refractivity contribution is 14.0. The molecule has 0 radical (unpaired) electrons. The van der Waals surface area contributed by atoms with Crippen molar-refractivity contribution >= 4 is 29.9 Å². The third kappa shape index (κ3) is 7.99. The number of piperidine rings is 2. The molecule has 6 heteroatoms. The normalized spacial score (nSPS) is 24.0. The summed E-state index contributed by atoms with van der Waals surface area (Å²) in [4.78, 5) is 10.1. The molecule has 0 saturated carbocycles. The van der Waals surface area contributed by atoms with Crippen molar-refractivity contribution in [2.24, 2.45) is 4.99 Å². The zero-order chi connectivity index (χ0) is 17.2. The van der Waals surface area contributed by atoms with Gasteiger partial charge in [0.15, 0.2) is 5.96 Å². The Kier molecular flexibility index (Phi) is 12.1. The summed E-state index contributed by atoms with van der Waals surface area (Å²) in [6.07, 6.45) is 7.73. The van der Waals surface area contributed by atoms with Gasteiger partial charge in [0.05, 0.1) is 6.54 Å². The fraction of sp³-hybridized carbons (Fsp3) is 0.947. The van der Waals surface area contributed by atoms with Crippen molar-refractivity contribution in [2.75, 3.05) is 45.8 Å². The maximum absolute atomic E-state index is 4.92. The van der Waals surface area contributed by atoms with Crippen LogP contribution in [0.2, 0.25) is 0 Å². The van der Waals surface area contributed by atoms with Gasteiger partial charge < -0.3 is 15.5 Å². The van der Waals surface area contributed by atoms with Crippen molar-refractivity contribution in [3.05, 3.63) is 0 Å². The van der Waals surface area contributed by atoms with Crippen LogP contribution in [0.15, 0.2) is 4.99 Å². The standard InChI is InChI=1S/C19H39N5.HI/c1-4-12-23-14-10-17(11-15-23)22-19(20-5-2)21-16-18-9-7-8-13-24(18)6-3;/h17-18H,4-16H2,1-3H3,(H2,20,21,22);1H. The van der Waals surface area contributed by atoms with Crippen molar-refractivity contribution in [3.8, 4) is 0 Å². The van der Waals surface area contributed by atoms with Gasteiger partial charge in [0, 0.05) is 31.7 Å². The number of nitrogens with zero attached hydrogens (tertiary/aromatic N) is 3. The zero-order valence-corrected chi connectivity index (χ0v) is 18.9. The number of likely N-dealkylation sites (N-methyl/N-ethyl adjacent to an activating group) is 1. The molecule has 0 amide bonds. The van der Waals surface area contributed by atoms with Crippen molar-refractivity contribution in [1.82, 2.24) is 20.4 Å². The summed E-state index contributed by atoms with van der Waals surface area (Å²) in [6, 6.07) is 1.20. The Morgan fingerprint density at radius 1 is 1.04 bits per heavy atom. The number of guanidine groups is 1. The number of halogens is 1. The van der Waals surface area contributed by atoms with Gasteiger partial charge in [0.1, 0.15) is 0 Å². The molecule has 0 aromatic rings. The molecular weight excluding hydrogens is 425 g/mol. The van der Waals surface area contributed by atoms with Gasteiger partial charge >= 0.3 is 0 Å². The van der Waals surface area contributed by atoms with Gasteiger partial charge in [-0.05, 0) is 58.7 Å². The van der Waals surface area contributed by atoms with Gasteiger partial charge in [0.25, 0.3) is 0 Å². The molecule has 0 aliphatic carbocycles. The highest BCUT2D eigenvalue weighted by Crippen LogP contribution is 2.16. The molecule has 0 aromatic carbocycles. The molecule has 2 aliphatic rings. The Bertz CT molecular complexity index is 369. The Labute approximate surface area is 172 Å². The van der Waals surface area contributed by atoms with E-state index in [9.17, 15) is 0 Å². The molecule has 2 fully saturated rings. The van der Waals surface area contributed by atoms with E-state index >= 15 is 0 Å². The second-order valence-electron chi connectivity index (χ2n) is 7.26. The lowest BCUT2D eigenvalue weighted by molar-refractivity contribution is 0.161. The molecule has 0 spiro atoms. The summed E-state index contributed by atoms with van der Waals surface area (Å²) in [5.74, 6) is 1.02. The van der Waals surface area contributed by atoms with Crippen molar-refractivity contribution in [1.29, 1.82) is 0 Å². The van der Waals surface area contributed by atoms with Crippen LogP contribution in [0.1, 0.15) is 59.3 Å². The summed E-state index contributed by atoms with van der Waals surface area (Å²) in [5.41, 5.74) is 0. The largest absolute Gasteiger partial charge is 0.357 e. The van der Waals surface area contributed by atoms with Crippen LogP contribution in [0.5, 0.6) is 0 Å². The molecular formula is C19H40IN5. The first-order valence-corrected chi connectivity index (χ1v) is 10.3. The molecule has 0 bridgehead atoms. The second-order valence-corrected chi connectivity index (χ2v) is 7.26. The minimum atomic E-state index is 0. The van der Waals surface area contributed by atoms with E-state index in [-0.39, 0.29) is 24.0 Å². The number of hydrogen-bond acceptors (Lipinski definition) is 3. The number of rotatable bonds is 7. The minimum absolute atomic E-state index is 0. The van der Waals surface area contributed by atoms with E-state index in [0.717, 1.165) is 25.6 Å². The monoisotopic (exact) mass is 465 g/mol. The number of nitrogens with one attached hydrogen (secondary N) is 2. The van der Waals surface area contributed by atoms with Crippen LogP contribution in [0.25, 0.3) is 0 Å². The summed E-state index contributed by atoms with van der Waals surface area (Å²) in [7, 11) is 0. The Balaban J connectivity index is 0.00000312. The molecule has 2 saturated heterocycles. The number of likely N-dealkylation sites (tertiary alicyclic amines) is 2. The topological polar surface area (TPSA) is 42.9 Å². The highest BCUT2D eigenvalue weighted by Gasteiger charge is 2.22. The van der Waals surface area contributed by atoms with Crippen LogP contribution in [0, 0.1) is 0 Å². The van der Waals surface area contributed by atoms with Crippen LogP contribution >= 0.6 is 24.0 Å². The third-order valence-corrected chi connectivity index (χ3v) is 5.43. The lowest BCUT2D eigenvalue weighted by Gasteiger charge is -2.34. The number of aliphatic imine (C=N–C) groups is 1. The van der Waals surface area contributed by atoms with Gasteiger partial charge in [-0.15, -0.1) is 24.0 Å². The smallest absolute Gasteiger partial charge is 0.191 e. The average Bonchev–Trinajstić information content (AvgIpc) is 2.62. The maximum Gasteiger partial charge on any atom is 0.191 e. The van der Waals surface area contributed by atoms with E-state index in [1.54, 1.807) is 0 Å². The van der Waals surface area contributed by atoms with Crippen LogP contribution in [0.4, 0.5) is 0 Å². The molecule has 1 atom stereocenters. The van der Waals surface area contributed by atoms with Gasteiger partial charge in [0.2, 0.25) is 0 Å². The van der Waals surface area contributed by atoms with Gasteiger partial charge in [-0.2, -0.15) is 0 Å². The SMILES string of the molecule is CCCN1CCC(NC(=NCC2CCCCN2CC)NCC)CC1.I. The Morgan fingerprint density at radius 2 is 1.80 bits per heavy atom. The highest BCUT2D eigenvalue weighted by atomic mass is 127. The fourth-order valence-electron chi connectivity index (χ4n) is 4.01. The van der Waals surface area contributed by atoms with Crippen molar-refractivity contribution in [3.63, 3.8) is 0 Å². The first-order valence-electron chi connectivity index (χ1n) is 10.3. The summed E-state index contributed by atoms with van der Waals surface area (Å²) >= 11 is 0. The van der Waals surface area contributed by atoms with E-state index in [1.807, 2.05) is 0 Å². The molecule has 2 aliphatic heterocycles. The fourth-order valence-corrected chi connectivity index (χ4v) is 4.01. The maximum atomic E-state index is 4.92. The van der Waals surface area contributed by atoms with Crippen LogP contribution < -0.4 is 10.6 Å². The predicted octanol–water partition coefficient (Wildman–Crippen LogP) is 2.91. The van der Waals surface area contributed by atoms with E-state index in [0.29, 0.717) is 12.1 Å². The Hall–Kier alpha value is -0.0800. The quantitative estimate of drug-likeness (QED) is 0.345. The molecule has 5 nitrogen and oxygen atoms in total. The molecule has 148 valence electrons. The minimum Gasteiger partial charge on any atom is -0.357 e. The van der Waals surface area contributed by atoms with Gasteiger partial charge in [-0.25, -0.2) is 0 Å². The van der Waals surface area contributed by atoms with E-state index in [4.69, 9.17) is 4.99 Å². The molecule has 2 heterocycles. The predicted molar refractivity (Wildman–Crippen MR) is 119 cm³/mol. The second kappa shape index (κ2) is 13.1. The molecule has 25 heavy (non-hydrogen) atoms. The summed E-state index contributed by atoms with van der Waals surface area (Å²) < 4.78 is 0. The first-order chi connectivity index (χ1) is 11.8. The molecule has 1 unspecified atom stereocenters. The summed E-state index contributed by atoms with van der Waals surface area (Å²) in [5, 5.41) is 7.13. The van der Waals surface area contributed by atoms with E-state index in [2.05, 4.69) is 41.2 Å². The number of hydrogen-bond donors (Lipinski definition) is 2. The van der Waals surface area contributed by atoms with Gasteiger partial charge in [-0.3, -0.25) is 9.89 Å². The summed E-state index contributed by atoms with van der Waals surface area (Å²) in [6.45, 7) is 14.6. The first kappa shape index (κ1) is 23.0. The van der Waals surface area contributed by atoms with Crippen molar-refractivity contribution < 1.29 is 0 Å². The third-order valence-electron chi connectivity index (χ3n) is 5.43. The van der Waals surface area contributed by atoms with Crippen molar-refractivity contribution in [2.45, 2.75) is 71.4 Å². The lowest BCUT2D eigenvalue weighted by atomic mass is 10.0. The van der Waals surface area contributed by atoms with E-state index < -0.39 is 0 Å². The van der Waals surface area contributed by atoms with Crippen LogP contribution in [0.3, 0.4) is 0 Å². The van der Waals surface area contributed by atoms with Crippen LogP contribution in [-0.4, -0.2) is 73.7 Å². The molecule has 2 N–H and O–H groups in total. The zero-order valence-electron chi connectivity index (χ0n) is 16.6. The lowest BCUT2D eigenvalue weighted by Crippen LogP contribution is -2.49. The van der Waals surface area contributed by atoms with Crippen LogP contribution in [-0.2, 0) is 0 Å². The Morgan fingerprint density at radius 3 is 2.44 bits per heavy atom.